The molecule has 0 radical (unpaired) electrons. The maximum absolute atomic E-state index is 10.9. The van der Waals surface area contributed by atoms with Gasteiger partial charge < -0.3 is 4.74 Å². The number of terminal acetylenes is 1. The molecule has 0 bridgehead atoms. The van der Waals surface area contributed by atoms with E-state index < -0.39 is 6.09 Å². The van der Waals surface area contributed by atoms with Crippen molar-refractivity contribution in [2.24, 2.45) is 0 Å². The molecule has 13 heavy (non-hydrogen) atoms. The molecular weight excluding hydrogens is 281 g/mol. The fourth-order valence-corrected chi connectivity index (χ4v) is 1.21. The molecule has 1 aromatic carbocycles. The van der Waals surface area contributed by atoms with Gasteiger partial charge in [-0.3, -0.25) is 0 Å². The van der Waals surface area contributed by atoms with E-state index in [1.165, 1.54) is 0 Å². The molecule has 0 aliphatic carbocycles. The highest BCUT2D eigenvalue weighted by molar-refractivity contribution is 14.1. The second-order valence-corrected chi connectivity index (χ2v) is 3.25. The third-order valence-electron chi connectivity index (χ3n) is 1.21. The number of hydrogen-bond acceptors (Lipinski definition) is 2. The number of ether oxygens (including phenoxy) is 1. The van der Waals surface area contributed by atoms with Gasteiger partial charge in [-0.15, -0.1) is 0 Å². The number of halogens is 1. The van der Waals surface area contributed by atoms with Crippen molar-refractivity contribution in [1.29, 1.82) is 0 Å². The Balaban J connectivity index is 2.70. The van der Waals surface area contributed by atoms with E-state index in [9.17, 15) is 4.79 Å². The highest BCUT2D eigenvalue weighted by Gasteiger charge is 2.04. The third kappa shape index (κ3) is 2.95. The lowest BCUT2D eigenvalue weighted by molar-refractivity contribution is 0.205. The minimum Gasteiger partial charge on any atom is -0.409 e. The summed E-state index contributed by atoms with van der Waals surface area (Å²) < 4.78 is 5.74. The summed E-state index contributed by atoms with van der Waals surface area (Å²) in [7, 11) is 0. The van der Waals surface area contributed by atoms with Gasteiger partial charge in [-0.1, -0.05) is 18.6 Å². The van der Waals surface area contributed by atoms with Crippen LogP contribution in [0.1, 0.15) is 0 Å². The average molecular weight is 287 g/mol. The Morgan fingerprint density at radius 2 is 2.23 bits per heavy atom. The summed E-state index contributed by atoms with van der Waals surface area (Å²) in [6.45, 7) is 0. The Bertz CT molecular complexity index is 357. The van der Waals surface area contributed by atoms with Crippen molar-refractivity contribution in [1.82, 2.24) is 5.32 Å². The third-order valence-corrected chi connectivity index (χ3v) is 2.10. The van der Waals surface area contributed by atoms with Gasteiger partial charge in [0, 0.05) is 6.04 Å². The van der Waals surface area contributed by atoms with Gasteiger partial charge in [0.15, 0.2) is 0 Å². The lowest BCUT2D eigenvalue weighted by Gasteiger charge is -2.03. The van der Waals surface area contributed by atoms with Crippen molar-refractivity contribution in [3.63, 3.8) is 0 Å². The van der Waals surface area contributed by atoms with E-state index in [0.29, 0.717) is 5.75 Å². The van der Waals surface area contributed by atoms with E-state index >= 15 is 0 Å². The second-order valence-electron chi connectivity index (χ2n) is 2.09. The molecule has 0 aliphatic rings. The molecule has 66 valence electrons. The Morgan fingerprint density at radius 1 is 1.54 bits per heavy atom. The van der Waals surface area contributed by atoms with Crippen LogP contribution in [0.25, 0.3) is 0 Å². The number of amides is 1. The average Bonchev–Trinajstić information content (AvgIpc) is 2.09. The molecular formula is C9H6INO2. The highest BCUT2D eigenvalue weighted by Crippen LogP contribution is 2.19. The minimum absolute atomic E-state index is 0.496. The lowest BCUT2D eigenvalue weighted by Crippen LogP contribution is -2.21. The molecule has 0 aromatic heterocycles. The number of rotatable bonds is 1. The zero-order valence-corrected chi connectivity index (χ0v) is 8.74. The number of para-hydroxylation sites is 1. The van der Waals surface area contributed by atoms with Crippen molar-refractivity contribution in [2.75, 3.05) is 0 Å². The predicted molar refractivity (Wildman–Crippen MR) is 57.2 cm³/mol. The van der Waals surface area contributed by atoms with E-state index in [2.05, 4.69) is 27.9 Å². The Labute approximate surface area is 89.6 Å². The number of hydrogen-bond donors (Lipinski definition) is 1. The van der Waals surface area contributed by atoms with Gasteiger partial charge in [0.25, 0.3) is 0 Å². The molecule has 0 aliphatic heterocycles. The smallest absolute Gasteiger partial charge is 0.409 e. The summed E-state index contributed by atoms with van der Waals surface area (Å²) in [5.74, 6) is 0.496. The summed E-state index contributed by atoms with van der Waals surface area (Å²) in [4.78, 5) is 10.9. The lowest BCUT2D eigenvalue weighted by atomic mass is 10.3. The molecule has 1 N–H and O–H groups in total. The van der Waals surface area contributed by atoms with Gasteiger partial charge in [-0.25, -0.2) is 10.1 Å². The molecule has 0 saturated carbocycles. The van der Waals surface area contributed by atoms with Crippen molar-refractivity contribution in [3.05, 3.63) is 27.8 Å². The van der Waals surface area contributed by atoms with Crippen LogP contribution in [0, 0.1) is 16.0 Å². The molecule has 0 fully saturated rings. The van der Waals surface area contributed by atoms with Gasteiger partial charge >= 0.3 is 6.09 Å². The first kappa shape index (κ1) is 9.86. The molecule has 3 nitrogen and oxygen atoms in total. The molecule has 0 heterocycles. The first-order chi connectivity index (χ1) is 6.24. The fourth-order valence-electron chi connectivity index (χ4n) is 0.712. The van der Waals surface area contributed by atoms with Crippen molar-refractivity contribution in [3.8, 4) is 18.2 Å². The zero-order chi connectivity index (χ0) is 9.68. The van der Waals surface area contributed by atoms with Crippen LogP contribution in [0.3, 0.4) is 0 Å². The van der Waals surface area contributed by atoms with Crippen LogP contribution < -0.4 is 10.1 Å². The van der Waals surface area contributed by atoms with Gasteiger partial charge in [0.1, 0.15) is 5.75 Å². The quantitative estimate of drug-likeness (QED) is 0.487. The summed E-state index contributed by atoms with van der Waals surface area (Å²) in [6, 6.07) is 9.14. The number of benzene rings is 1. The molecule has 0 unspecified atom stereocenters. The topological polar surface area (TPSA) is 38.3 Å². The van der Waals surface area contributed by atoms with E-state index in [1.54, 1.807) is 12.1 Å². The van der Waals surface area contributed by atoms with Crippen LogP contribution in [0.2, 0.25) is 0 Å². The summed E-state index contributed by atoms with van der Waals surface area (Å²) in [5.41, 5.74) is 0. The van der Waals surface area contributed by atoms with Gasteiger partial charge in [0.05, 0.1) is 3.57 Å². The van der Waals surface area contributed by atoms with Crippen molar-refractivity contribution in [2.45, 2.75) is 0 Å². The van der Waals surface area contributed by atoms with E-state index in [0.717, 1.165) is 3.57 Å². The van der Waals surface area contributed by atoms with Crippen LogP contribution in [-0.4, -0.2) is 6.09 Å². The maximum atomic E-state index is 10.9. The minimum atomic E-state index is -0.647. The van der Waals surface area contributed by atoms with Crippen molar-refractivity contribution < 1.29 is 9.53 Å². The van der Waals surface area contributed by atoms with Crippen LogP contribution in [-0.2, 0) is 0 Å². The fraction of sp³-hybridized carbons (Fsp3) is 0. The Kier molecular flexibility index (Phi) is 3.58. The number of carbonyl (C=O) groups excluding carboxylic acids is 1. The van der Waals surface area contributed by atoms with Gasteiger partial charge in [-0.2, -0.15) is 0 Å². The molecule has 4 heteroatoms. The van der Waals surface area contributed by atoms with Crippen LogP contribution in [0.15, 0.2) is 24.3 Å². The summed E-state index contributed by atoms with van der Waals surface area (Å²) in [5, 5.41) is 2.08. The standard InChI is InChI=1S/C9H6INO2/c1-2-11-9(12)13-8-6-4-3-5-7(8)10/h1,3-6H,(H,11,12). The monoisotopic (exact) mass is 287 g/mol. The first-order valence-electron chi connectivity index (χ1n) is 3.42. The van der Waals surface area contributed by atoms with Crippen LogP contribution in [0.5, 0.6) is 5.75 Å². The predicted octanol–water partition coefficient (Wildman–Crippen LogP) is 1.97. The molecule has 1 amide bonds. The molecule has 1 rings (SSSR count). The molecule has 0 spiro atoms. The normalized spacial score (nSPS) is 8.62. The SMILES string of the molecule is C#CNC(=O)Oc1ccccc1I. The number of nitrogens with one attached hydrogen (secondary N) is 1. The van der Waals surface area contributed by atoms with Crippen LogP contribution >= 0.6 is 22.6 Å². The Morgan fingerprint density at radius 3 is 2.85 bits per heavy atom. The second kappa shape index (κ2) is 4.72. The molecule has 1 aromatic rings. The highest BCUT2D eigenvalue weighted by atomic mass is 127. The summed E-state index contributed by atoms with van der Waals surface area (Å²) in [6.07, 6.45) is 4.21. The largest absolute Gasteiger partial charge is 0.424 e. The zero-order valence-electron chi connectivity index (χ0n) is 6.58. The first-order valence-corrected chi connectivity index (χ1v) is 4.50. The van der Waals surface area contributed by atoms with Gasteiger partial charge in [-0.05, 0) is 34.7 Å². The summed E-state index contributed by atoms with van der Waals surface area (Å²) >= 11 is 2.07. The maximum Gasteiger partial charge on any atom is 0.424 e. The van der Waals surface area contributed by atoms with E-state index in [-0.39, 0.29) is 0 Å². The Hall–Kier alpha value is -1.22. The van der Waals surface area contributed by atoms with Crippen molar-refractivity contribution >= 4 is 28.7 Å². The van der Waals surface area contributed by atoms with E-state index in [4.69, 9.17) is 11.2 Å². The molecule has 0 saturated heterocycles. The van der Waals surface area contributed by atoms with E-state index in [1.807, 2.05) is 18.2 Å². The molecule has 0 atom stereocenters. The van der Waals surface area contributed by atoms with Gasteiger partial charge in [0.2, 0.25) is 0 Å². The number of carbonyl (C=O) groups is 1. The van der Waals surface area contributed by atoms with Crippen LogP contribution in [0.4, 0.5) is 4.79 Å².